The molecule has 0 aliphatic rings. The molecule has 4 aromatic rings. The Bertz CT molecular complexity index is 935. The third-order valence-corrected chi connectivity index (χ3v) is 3.64. The van der Waals surface area contributed by atoms with Crippen LogP contribution in [0.25, 0.3) is 33.5 Å². The molecule has 0 aliphatic carbocycles. The molecule has 0 aliphatic heterocycles. The fourth-order valence-corrected chi connectivity index (χ4v) is 2.38. The second-order valence-corrected chi connectivity index (χ2v) is 5.27. The first-order valence-electron chi connectivity index (χ1n) is 7.27. The SMILES string of the molecule is Oc1ccc(-c2ncc3ncc(-c4ccc(O)nc4)cc3n2)cc1. The number of benzene rings is 1. The average molecular weight is 316 g/mol. The largest absolute Gasteiger partial charge is 0.508 e. The number of pyridine rings is 2. The molecule has 3 heterocycles. The molecule has 0 bridgehead atoms. The molecule has 0 unspecified atom stereocenters. The van der Waals surface area contributed by atoms with E-state index in [2.05, 4.69) is 19.9 Å². The molecule has 0 saturated heterocycles. The van der Waals surface area contributed by atoms with Crippen LogP contribution in [0.4, 0.5) is 0 Å². The Morgan fingerprint density at radius 3 is 2.12 bits per heavy atom. The normalized spacial score (nSPS) is 10.8. The van der Waals surface area contributed by atoms with Crippen LogP contribution in [0.2, 0.25) is 0 Å². The van der Waals surface area contributed by atoms with Crippen LogP contribution in [0, 0.1) is 0 Å². The average Bonchev–Trinajstić information content (AvgIpc) is 2.62. The summed E-state index contributed by atoms with van der Waals surface area (Å²) in [5.41, 5.74) is 3.90. The van der Waals surface area contributed by atoms with Crippen LogP contribution in [0.3, 0.4) is 0 Å². The third kappa shape index (κ3) is 2.61. The lowest BCUT2D eigenvalue weighted by molar-refractivity contribution is 0.453. The molecular formula is C18H12N4O2. The molecule has 116 valence electrons. The molecule has 3 aromatic heterocycles. The zero-order chi connectivity index (χ0) is 16.5. The molecule has 6 heteroatoms. The summed E-state index contributed by atoms with van der Waals surface area (Å²) >= 11 is 0. The number of phenols is 1. The number of nitrogens with zero attached hydrogens (tertiary/aromatic N) is 4. The molecule has 24 heavy (non-hydrogen) atoms. The molecule has 1 aromatic carbocycles. The summed E-state index contributed by atoms with van der Waals surface area (Å²) in [6, 6.07) is 11.9. The Balaban J connectivity index is 1.80. The molecule has 0 radical (unpaired) electrons. The minimum Gasteiger partial charge on any atom is -0.508 e. The van der Waals surface area contributed by atoms with Gasteiger partial charge in [-0.15, -0.1) is 0 Å². The highest BCUT2D eigenvalue weighted by Crippen LogP contribution is 2.24. The van der Waals surface area contributed by atoms with Gasteiger partial charge in [-0.2, -0.15) is 0 Å². The Kier molecular flexibility index (Phi) is 3.28. The van der Waals surface area contributed by atoms with Gasteiger partial charge in [0.2, 0.25) is 5.88 Å². The van der Waals surface area contributed by atoms with Crippen molar-refractivity contribution in [3.63, 3.8) is 0 Å². The topological polar surface area (TPSA) is 92.0 Å². The van der Waals surface area contributed by atoms with Gasteiger partial charge in [0.25, 0.3) is 0 Å². The van der Waals surface area contributed by atoms with E-state index in [0.717, 1.165) is 16.7 Å². The van der Waals surface area contributed by atoms with Gasteiger partial charge in [-0.05, 0) is 36.4 Å². The van der Waals surface area contributed by atoms with Gasteiger partial charge < -0.3 is 10.2 Å². The first kappa shape index (κ1) is 14.1. The quantitative estimate of drug-likeness (QED) is 0.590. The van der Waals surface area contributed by atoms with E-state index in [1.165, 1.54) is 6.07 Å². The van der Waals surface area contributed by atoms with E-state index in [1.54, 1.807) is 48.9 Å². The summed E-state index contributed by atoms with van der Waals surface area (Å²) in [6.07, 6.45) is 4.98. The smallest absolute Gasteiger partial charge is 0.210 e. The lowest BCUT2D eigenvalue weighted by Crippen LogP contribution is -1.92. The summed E-state index contributed by atoms with van der Waals surface area (Å²) in [7, 11) is 0. The number of fused-ring (bicyclic) bond motifs is 1. The Morgan fingerprint density at radius 1 is 0.625 bits per heavy atom. The molecule has 4 rings (SSSR count). The van der Waals surface area contributed by atoms with Crippen molar-refractivity contribution in [2.45, 2.75) is 0 Å². The van der Waals surface area contributed by atoms with E-state index >= 15 is 0 Å². The molecule has 0 spiro atoms. The third-order valence-electron chi connectivity index (χ3n) is 3.64. The maximum Gasteiger partial charge on any atom is 0.210 e. The standard InChI is InChI=1S/C18H12N4O2/c23-14-4-1-11(2-5-14)18-21-10-16-15(22-18)7-13(9-19-16)12-3-6-17(24)20-8-12/h1-10,23H,(H,20,24). The van der Waals surface area contributed by atoms with Crippen molar-refractivity contribution in [2.75, 3.05) is 0 Å². The number of phenolic OH excluding ortho intramolecular Hbond substituents is 1. The van der Waals surface area contributed by atoms with Crippen LogP contribution < -0.4 is 0 Å². The summed E-state index contributed by atoms with van der Waals surface area (Å²) in [6.45, 7) is 0. The van der Waals surface area contributed by atoms with E-state index in [0.29, 0.717) is 16.9 Å². The van der Waals surface area contributed by atoms with Crippen molar-refractivity contribution in [2.24, 2.45) is 0 Å². The lowest BCUT2D eigenvalue weighted by atomic mass is 10.1. The lowest BCUT2D eigenvalue weighted by Gasteiger charge is -2.05. The first-order chi connectivity index (χ1) is 11.7. The van der Waals surface area contributed by atoms with Crippen LogP contribution in [0.5, 0.6) is 11.6 Å². The van der Waals surface area contributed by atoms with Crippen molar-refractivity contribution < 1.29 is 10.2 Å². The van der Waals surface area contributed by atoms with Gasteiger partial charge in [0.05, 0.1) is 11.7 Å². The number of hydrogen-bond acceptors (Lipinski definition) is 6. The van der Waals surface area contributed by atoms with Crippen LogP contribution in [0.1, 0.15) is 0 Å². The molecule has 0 fully saturated rings. The number of aromatic hydroxyl groups is 2. The predicted molar refractivity (Wildman–Crippen MR) is 89.3 cm³/mol. The predicted octanol–water partition coefficient (Wildman–Crippen LogP) is 3.17. The van der Waals surface area contributed by atoms with E-state index in [-0.39, 0.29) is 11.6 Å². The fourth-order valence-electron chi connectivity index (χ4n) is 2.38. The highest BCUT2D eigenvalue weighted by Gasteiger charge is 2.07. The highest BCUT2D eigenvalue weighted by molar-refractivity contribution is 5.81. The van der Waals surface area contributed by atoms with Crippen LogP contribution in [-0.2, 0) is 0 Å². The fraction of sp³-hybridized carbons (Fsp3) is 0. The zero-order valence-corrected chi connectivity index (χ0v) is 12.5. The summed E-state index contributed by atoms with van der Waals surface area (Å²) in [5.74, 6) is 0.734. The van der Waals surface area contributed by atoms with Gasteiger partial charge in [-0.25, -0.2) is 15.0 Å². The van der Waals surface area contributed by atoms with E-state index in [1.807, 2.05) is 6.07 Å². The number of rotatable bonds is 2. The van der Waals surface area contributed by atoms with Crippen molar-refractivity contribution >= 4 is 11.0 Å². The maximum absolute atomic E-state index is 9.38. The van der Waals surface area contributed by atoms with Crippen molar-refractivity contribution in [3.8, 4) is 34.1 Å². The summed E-state index contributed by atoms with van der Waals surface area (Å²) < 4.78 is 0. The second-order valence-electron chi connectivity index (χ2n) is 5.27. The van der Waals surface area contributed by atoms with Gasteiger partial charge >= 0.3 is 0 Å². The minimum absolute atomic E-state index is 0.0237. The van der Waals surface area contributed by atoms with Gasteiger partial charge in [0, 0.05) is 35.2 Å². The van der Waals surface area contributed by atoms with Gasteiger partial charge in [0.1, 0.15) is 11.3 Å². The second kappa shape index (κ2) is 5.58. The Hall–Kier alpha value is -3.54. The van der Waals surface area contributed by atoms with Gasteiger partial charge in [-0.1, -0.05) is 0 Å². The van der Waals surface area contributed by atoms with E-state index in [4.69, 9.17) is 0 Å². The van der Waals surface area contributed by atoms with Crippen LogP contribution in [0.15, 0.2) is 61.1 Å². The van der Waals surface area contributed by atoms with Crippen LogP contribution >= 0.6 is 0 Å². The molecule has 2 N–H and O–H groups in total. The number of aromatic nitrogens is 4. The molecule has 0 amide bonds. The van der Waals surface area contributed by atoms with Crippen molar-refractivity contribution in [1.29, 1.82) is 0 Å². The van der Waals surface area contributed by atoms with E-state index in [9.17, 15) is 10.2 Å². The molecule has 0 atom stereocenters. The monoisotopic (exact) mass is 316 g/mol. The first-order valence-corrected chi connectivity index (χ1v) is 7.27. The van der Waals surface area contributed by atoms with E-state index < -0.39 is 0 Å². The van der Waals surface area contributed by atoms with Crippen molar-refractivity contribution in [1.82, 2.24) is 19.9 Å². The Labute approximate surface area is 137 Å². The van der Waals surface area contributed by atoms with Gasteiger partial charge in [-0.3, -0.25) is 4.98 Å². The van der Waals surface area contributed by atoms with Crippen LogP contribution in [-0.4, -0.2) is 30.1 Å². The molecule has 0 saturated carbocycles. The number of hydrogen-bond donors (Lipinski definition) is 2. The zero-order valence-electron chi connectivity index (χ0n) is 12.5. The maximum atomic E-state index is 9.38. The summed E-state index contributed by atoms with van der Waals surface area (Å²) in [4.78, 5) is 17.1. The van der Waals surface area contributed by atoms with Crippen molar-refractivity contribution in [3.05, 3.63) is 61.1 Å². The molecular weight excluding hydrogens is 304 g/mol. The highest BCUT2D eigenvalue weighted by atomic mass is 16.3. The van der Waals surface area contributed by atoms with Gasteiger partial charge in [0.15, 0.2) is 5.82 Å². The molecule has 6 nitrogen and oxygen atoms in total. The summed E-state index contributed by atoms with van der Waals surface area (Å²) in [5, 5.41) is 18.7. The minimum atomic E-state index is -0.0237. The Morgan fingerprint density at radius 2 is 1.38 bits per heavy atom.